The van der Waals surface area contributed by atoms with Gasteiger partial charge in [0.15, 0.2) is 5.11 Å². The van der Waals surface area contributed by atoms with Gasteiger partial charge in [0.05, 0.1) is 0 Å². The van der Waals surface area contributed by atoms with E-state index >= 15 is 0 Å². The molecule has 0 unspecified atom stereocenters. The maximum atomic E-state index is 12.0. The highest BCUT2D eigenvalue weighted by Crippen LogP contribution is 2.22. The zero-order chi connectivity index (χ0) is 14.3. The molecule has 20 heavy (non-hydrogen) atoms. The fraction of sp³-hybridized carbons (Fsp3) is 0.214. The van der Waals surface area contributed by atoms with Gasteiger partial charge in [0, 0.05) is 30.4 Å². The number of hydrogen-bond donors (Lipinski definition) is 2. The lowest BCUT2D eigenvalue weighted by atomic mass is 10.0. The van der Waals surface area contributed by atoms with Crippen LogP contribution < -0.4 is 5.32 Å². The zero-order valence-electron chi connectivity index (χ0n) is 10.8. The second-order valence-electron chi connectivity index (χ2n) is 4.76. The molecule has 1 aromatic carbocycles. The topological polar surface area (TPSA) is 65.2 Å². The number of amides is 2. The van der Waals surface area contributed by atoms with E-state index in [2.05, 4.69) is 10.3 Å². The van der Waals surface area contributed by atoms with Crippen molar-refractivity contribution in [2.75, 3.05) is 0 Å². The summed E-state index contributed by atoms with van der Waals surface area (Å²) in [6.07, 6.45) is 2.31. The van der Waals surface area contributed by atoms with Gasteiger partial charge in [-0.2, -0.15) is 0 Å². The first kappa shape index (κ1) is 12.8. The predicted octanol–water partition coefficient (Wildman–Crippen LogP) is 1.34. The smallest absolute Gasteiger partial charge is 0.249 e. The molecule has 102 valence electrons. The van der Waals surface area contributed by atoms with Crippen LogP contribution in [0.2, 0.25) is 0 Å². The minimum Gasteiger partial charge on any atom is -0.361 e. The first-order chi connectivity index (χ1) is 9.58. The molecule has 5 nitrogen and oxygen atoms in total. The van der Waals surface area contributed by atoms with Gasteiger partial charge >= 0.3 is 0 Å². The number of aromatic nitrogens is 1. The average Bonchev–Trinajstić information content (AvgIpc) is 2.92. The van der Waals surface area contributed by atoms with Crippen LogP contribution in [0.5, 0.6) is 0 Å². The number of rotatable bonds is 2. The zero-order valence-corrected chi connectivity index (χ0v) is 11.7. The number of H-pyrrole nitrogens is 1. The first-order valence-electron chi connectivity index (χ1n) is 6.27. The lowest BCUT2D eigenvalue weighted by molar-refractivity contribution is -0.131. The number of thiocarbonyl (C=S) groups is 1. The van der Waals surface area contributed by atoms with Gasteiger partial charge < -0.3 is 10.3 Å². The van der Waals surface area contributed by atoms with Crippen molar-refractivity contribution in [1.29, 1.82) is 0 Å². The van der Waals surface area contributed by atoms with E-state index in [0.29, 0.717) is 6.42 Å². The van der Waals surface area contributed by atoms with Gasteiger partial charge in [-0.25, -0.2) is 0 Å². The second-order valence-corrected chi connectivity index (χ2v) is 5.15. The summed E-state index contributed by atoms with van der Waals surface area (Å²) in [4.78, 5) is 28.1. The highest BCUT2D eigenvalue weighted by atomic mass is 32.1. The molecule has 0 saturated carbocycles. The van der Waals surface area contributed by atoms with Gasteiger partial charge in [-0.15, -0.1) is 0 Å². The molecule has 0 bridgehead atoms. The summed E-state index contributed by atoms with van der Waals surface area (Å²) < 4.78 is 0. The number of carbonyl (C=O) groups is 2. The molecule has 0 spiro atoms. The third-order valence-corrected chi connectivity index (χ3v) is 3.79. The van der Waals surface area contributed by atoms with Crippen molar-refractivity contribution in [3.63, 3.8) is 0 Å². The van der Waals surface area contributed by atoms with Crippen molar-refractivity contribution in [3.05, 3.63) is 36.0 Å². The Hall–Kier alpha value is -2.21. The van der Waals surface area contributed by atoms with E-state index in [0.717, 1.165) is 16.5 Å². The Bertz CT molecular complexity index is 722. The molecule has 1 saturated heterocycles. The quantitative estimate of drug-likeness (QED) is 0.819. The predicted molar refractivity (Wildman–Crippen MR) is 79.1 cm³/mol. The van der Waals surface area contributed by atoms with E-state index in [4.69, 9.17) is 12.2 Å². The van der Waals surface area contributed by atoms with Gasteiger partial charge in [0.1, 0.15) is 6.04 Å². The summed E-state index contributed by atoms with van der Waals surface area (Å²) >= 11 is 5.03. The van der Waals surface area contributed by atoms with Crippen LogP contribution in [0.15, 0.2) is 30.5 Å². The molecule has 2 amide bonds. The molecule has 1 aliphatic rings. The summed E-state index contributed by atoms with van der Waals surface area (Å²) in [7, 11) is 0. The Morgan fingerprint density at radius 2 is 2.15 bits per heavy atom. The van der Waals surface area contributed by atoms with Crippen LogP contribution in [0.3, 0.4) is 0 Å². The number of fused-ring (bicyclic) bond motifs is 1. The number of aromatic amines is 1. The summed E-state index contributed by atoms with van der Waals surface area (Å²) in [5.74, 6) is -0.450. The van der Waals surface area contributed by atoms with E-state index in [1.165, 1.54) is 11.8 Å². The van der Waals surface area contributed by atoms with Gasteiger partial charge in [-0.05, 0) is 23.8 Å². The van der Waals surface area contributed by atoms with E-state index in [1.807, 2.05) is 30.5 Å². The summed E-state index contributed by atoms with van der Waals surface area (Å²) in [5, 5.41) is 3.79. The van der Waals surface area contributed by atoms with E-state index in [9.17, 15) is 9.59 Å². The number of hydrogen-bond acceptors (Lipinski definition) is 3. The molecule has 1 aliphatic heterocycles. The second kappa shape index (κ2) is 4.72. The number of carbonyl (C=O) groups excluding carboxylic acids is 2. The molecule has 0 aliphatic carbocycles. The first-order valence-corrected chi connectivity index (χ1v) is 6.68. The maximum Gasteiger partial charge on any atom is 0.249 e. The molecular formula is C14H13N3O2S. The van der Waals surface area contributed by atoms with Gasteiger partial charge in [0.25, 0.3) is 0 Å². The Morgan fingerprint density at radius 1 is 1.40 bits per heavy atom. The van der Waals surface area contributed by atoms with Crippen LogP contribution in [0.1, 0.15) is 12.5 Å². The van der Waals surface area contributed by atoms with Gasteiger partial charge in [-0.1, -0.05) is 18.2 Å². The number of benzene rings is 1. The van der Waals surface area contributed by atoms with Crippen molar-refractivity contribution in [3.8, 4) is 0 Å². The van der Waals surface area contributed by atoms with Gasteiger partial charge in [-0.3, -0.25) is 14.5 Å². The molecule has 3 rings (SSSR count). The largest absolute Gasteiger partial charge is 0.361 e. The Balaban J connectivity index is 1.95. The maximum absolute atomic E-state index is 12.0. The Labute approximate surface area is 120 Å². The van der Waals surface area contributed by atoms with Crippen LogP contribution in [-0.4, -0.2) is 32.9 Å². The van der Waals surface area contributed by atoms with E-state index < -0.39 is 6.04 Å². The Kier molecular flexibility index (Phi) is 3.02. The van der Waals surface area contributed by atoms with E-state index in [1.54, 1.807) is 0 Å². The molecule has 1 aromatic heterocycles. The van der Waals surface area contributed by atoms with Crippen molar-refractivity contribution >= 4 is 40.0 Å². The van der Waals surface area contributed by atoms with Gasteiger partial charge in [0.2, 0.25) is 11.8 Å². The van der Waals surface area contributed by atoms with Crippen LogP contribution in [0.4, 0.5) is 0 Å². The van der Waals surface area contributed by atoms with E-state index in [-0.39, 0.29) is 16.9 Å². The fourth-order valence-corrected chi connectivity index (χ4v) is 2.92. The molecule has 0 radical (unpaired) electrons. The third kappa shape index (κ3) is 1.98. The molecule has 2 heterocycles. The minimum absolute atomic E-state index is 0.187. The lowest BCUT2D eigenvalue weighted by Crippen LogP contribution is -2.39. The van der Waals surface area contributed by atoms with Crippen molar-refractivity contribution in [2.45, 2.75) is 19.4 Å². The molecular weight excluding hydrogens is 274 g/mol. The molecule has 2 N–H and O–H groups in total. The molecule has 1 atom stereocenters. The van der Waals surface area contributed by atoms with Crippen LogP contribution in [0.25, 0.3) is 10.9 Å². The van der Waals surface area contributed by atoms with Crippen LogP contribution in [0, 0.1) is 0 Å². The lowest BCUT2D eigenvalue weighted by Gasteiger charge is -2.19. The van der Waals surface area contributed by atoms with Crippen LogP contribution >= 0.6 is 12.2 Å². The number of nitrogens with one attached hydrogen (secondary N) is 2. The third-order valence-electron chi connectivity index (χ3n) is 3.49. The fourth-order valence-electron chi connectivity index (χ4n) is 2.56. The average molecular weight is 287 g/mol. The number of para-hydroxylation sites is 1. The molecule has 6 heteroatoms. The minimum atomic E-state index is -0.570. The summed E-state index contributed by atoms with van der Waals surface area (Å²) in [6, 6.07) is 7.29. The molecule has 1 fully saturated rings. The highest BCUT2D eigenvalue weighted by Gasteiger charge is 2.38. The SMILES string of the molecule is CC(=O)N1C(=S)NC(=O)[C@@H]1Cc1c[nH]c2ccccc12. The monoisotopic (exact) mass is 287 g/mol. The highest BCUT2D eigenvalue weighted by molar-refractivity contribution is 7.80. The van der Waals surface area contributed by atoms with Crippen molar-refractivity contribution in [2.24, 2.45) is 0 Å². The normalized spacial score (nSPS) is 18.6. The standard InChI is InChI=1S/C14H13N3O2S/c1-8(18)17-12(13(19)16-14(17)20)6-9-7-15-11-5-3-2-4-10(9)11/h2-5,7,12,15H,6H2,1H3,(H,16,19,20)/t12-/m0/s1. The summed E-state index contributed by atoms with van der Waals surface area (Å²) in [5.41, 5.74) is 2.01. The van der Waals surface area contributed by atoms with Crippen molar-refractivity contribution in [1.82, 2.24) is 15.2 Å². The number of nitrogens with zero attached hydrogens (tertiary/aromatic N) is 1. The van der Waals surface area contributed by atoms with Crippen molar-refractivity contribution < 1.29 is 9.59 Å². The Morgan fingerprint density at radius 3 is 2.90 bits per heavy atom. The summed E-state index contributed by atoms with van der Waals surface area (Å²) in [6.45, 7) is 1.41. The van der Waals surface area contributed by atoms with Crippen LogP contribution in [-0.2, 0) is 16.0 Å². The molecule has 2 aromatic rings.